The molecule has 7 N–H and O–H groups in total. The number of aliphatic hydroxyl groups excluding tert-OH is 4. The first-order chi connectivity index (χ1) is 13.3. The number of aliphatic hydroxyl groups is 4. The second-order valence-corrected chi connectivity index (χ2v) is 7.14. The lowest BCUT2D eigenvalue weighted by Crippen LogP contribution is -2.43. The summed E-state index contributed by atoms with van der Waals surface area (Å²) in [7, 11) is 0. The maximum absolute atomic E-state index is 12.2. The summed E-state index contributed by atoms with van der Waals surface area (Å²) in [5.41, 5.74) is 6.11. The number of anilines is 1. The number of amides is 1. The van der Waals surface area contributed by atoms with Gasteiger partial charge in [-0.3, -0.25) is 9.36 Å². The van der Waals surface area contributed by atoms with Crippen LogP contribution in [0.5, 0.6) is 0 Å². The van der Waals surface area contributed by atoms with Crippen LogP contribution in [0, 0.1) is 0 Å². The molecule has 0 radical (unpaired) electrons. The van der Waals surface area contributed by atoms with Gasteiger partial charge in [0.15, 0.2) is 28.4 Å². The van der Waals surface area contributed by atoms with Crippen LogP contribution in [0.1, 0.15) is 13.2 Å². The van der Waals surface area contributed by atoms with Crippen molar-refractivity contribution in [2.24, 2.45) is 5.73 Å². The highest BCUT2D eigenvalue weighted by atomic mass is 32.2. The molecule has 0 spiro atoms. The monoisotopic (exact) mass is 414 g/mol. The number of hydrogen-bond donors (Lipinski definition) is 6. The molecule has 0 aromatic carbocycles. The average Bonchev–Trinajstić information content (AvgIpc) is 3.22. The molecule has 3 rings (SSSR count). The van der Waals surface area contributed by atoms with E-state index in [9.17, 15) is 25.2 Å². The molecule has 2 aromatic heterocycles. The SMILES string of the molecule is CSc1nc(NC(=O)[C@@H](N)[C@@H](C)O)c2ncn([C@@H]3O[C@H](CO)[C@@H](O)[C@H]3O)c2n1. The minimum Gasteiger partial charge on any atom is -0.394 e. The molecule has 13 heteroatoms. The van der Waals surface area contributed by atoms with Gasteiger partial charge in [0.2, 0.25) is 5.91 Å². The maximum atomic E-state index is 12.2. The van der Waals surface area contributed by atoms with Gasteiger partial charge >= 0.3 is 0 Å². The standard InChI is InChI=1S/C15H22N6O6S/c1-5(23)7(16)13(26)18-11-8-12(20-15(19-11)28-2)21(4-17-8)14-10(25)9(24)6(3-22)27-14/h4-7,9-10,14,22-25H,3,16H2,1-2H3,(H,18,19,20,26)/t5-,6-,7+,9-,10-,14-/m1/s1. The molecule has 1 amide bonds. The lowest BCUT2D eigenvalue weighted by Gasteiger charge is -2.17. The topological polar surface area (TPSA) is 189 Å². The Kier molecular flexibility index (Phi) is 6.14. The largest absolute Gasteiger partial charge is 0.394 e. The predicted octanol–water partition coefficient (Wildman–Crippen LogP) is -2.19. The minimum atomic E-state index is -1.32. The average molecular weight is 414 g/mol. The number of nitrogens with two attached hydrogens (primary N) is 1. The number of imidazole rings is 1. The van der Waals surface area contributed by atoms with Gasteiger partial charge in [0.1, 0.15) is 24.4 Å². The second kappa shape index (κ2) is 8.24. The Labute approximate surface area is 163 Å². The Balaban J connectivity index is 2.01. The van der Waals surface area contributed by atoms with Crippen molar-refractivity contribution in [3.8, 4) is 0 Å². The normalized spacial score (nSPS) is 27.1. The number of thioether (sulfide) groups is 1. The third kappa shape index (κ3) is 3.69. The van der Waals surface area contributed by atoms with E-state index in [0.29, 0.717) is 5.16 Å². The number of carbonyl (C=O) groups excluding carboxylic acids is 1. The van der Waals surface area contributed by atoms with Gasteiger partial charge in [-0.1, -0.05) is 11.8 Å². The molecule has 3 heterocycles. The maximum Gasteiger partial charge on any atom is 0.245 e. The van der Waals surface area contributed by atoms with Crippen LogP contribution < -0.4 is 11.1 Å². The fourth-order valence-corrected chi connectivity index (χ4v) is 3.15. The third-order valence-electron chi connectivity index (χ3n) is 4.44. The van der Waals surface area contributed by atoms with E-state index in [0.717, 1.165) is 0 Å². The van der Waals surface area contributed by atoms with Gasteiger partial charge in [0.25, 0.3) is 0 Å². The Morgan fingerprint density at radius 1 is 1.43 bits per heavy atom. The molecule has 12 nitrogen and oxygen atoms in total. The lowest BCUT2D eigenvalue weighted by atomic mass is 10.1. The first kappa shape index (κ1) is 20.9. The molecule has 0 bridgehead atoms. The van der Waals surface area contributed by atoms with Crippen molar-refractivity contribution < 1.29 is 30.0 Å². The summed E-state index contributed by atoms with van der Waals surface area (Å²) in [6.07, 6.45) is -2.59. The summed E-state index contributed by atoms with van der Waals surface area (Å²) < 4.78 is 6.91. The van der Waals surface area contributed by atoms with Crippen molar-refractivity contribution in [2.45, 2.75) is 48.8 Å². The van der Waals surface area contributed by atoms with Gasteiger partial charge in [0, 0.05) is 0 Å². The van der Waals surface area contributed by atoms with Gasteiger partial charge in [-0.25, -0.2) is 15.0 Å². The van der Waals surface area contributed by atoms with Crippen LogP contribution in [0.2, 0.25) is 0 Å². The number of rotatable bonds is 6. The molecule has 1 saturated heterocycles. The summed E-state index contributed by atoms with van der Waals surface area (Å²) >= 11 is 1.21. The second-order valence-electron chi connectivity index (χ2n) is 6.37. The zero-order valence-corrected chi connectivity index (χ0v) is 15.9. The summed E-state index contributed by atoms with van der Waals surface area (Å²) in [5, 5.41) is 41.9. The molecular formula is C15H22N6O6S. The molecule has 1 aliphatic heterocycles. The minimum absolute atomic E-state index is 0.0842. The van der Waals surface area contributed by atoms with Gasteiger partial charge in [-0.2, -0.15) is 0 Å². The quantitative estimate of drug-likeness (QED) is 0.222. The molecule has 0 unspecified atom stereocenters. The molecule has 0 aliphatic carbocycles. The van der Waals surface area contributed by atoms with Gasteiger partial charge < -0.3 is 36.2 Å². The number of carbonyl (C=O) groups is 1. The molecule has 2 aromatic rings. The van der Waals surface area contributed by atoms with Crippen molar-refractivity contribution in [2.75, 3.05) is 18.2 Å². The van der Waals surface area contributed by atoms with Crippen LogP contribution in [0.25, 0.3) is 11.2 Å². The van der Waals surface area contributed by atoms with Crippen molar-refractivity contribution in [1.29, 1.82) is 0 Å². The van der Waals surface area contributed by atoms with E-state index in [2.05, 4.69) is 20.3 Å². The van der Waals surface area contributed by atoms with E-state index >= 15 is 0 Å². The van der Waals surface area contributed by atoms with Crippen molar-refractivity contribution in [1.82, 2.24) is 19.5 Å². The molecule has 28 heavy (non-hydrogen) atoms. The van der Waals surface area contributed by atoms with Gasteiger partial charge in [-0.05, 0) is 13.2 Å². The van der Waals surface area contributed by atoms with Crippen molar-refractivity contribution >= 4 is 34.7 Å². The lowest BCUT2D eigenvalue weighted by molar-refractivity contribution is -0.119. The summed E-state index contributed by atoms with van der Waals surface area (Å²) in [4.78, 5) is 25.0. The predicted molar refractivity (Wildman–Crippen MR) is 98.4 cm³/mol. The Bertz CT molecular complexity index is 863. The smallest absolute Gasteiger partial charge is 0.245 e. The fourth-order valence-electron chi connectivity index (χ4n) is 2.79. The first-order valence-electron chi connectivity index (χ1n) is 8.44. The van der Waals surface area contributed by atoms with Crippen LogP contribution in [-0.2, 0) is 9.53 Å². The Morgan fingerprint density at radius 3 is 2.71 bits per heavy atom. The van der Waals surface area contributed by atoms with Crippen LogP contribution in [0.4, 0.5) is 5.82 Å². The van der Waals surface area contributed by atoms with E-state index in [4.69, 9.17) is 10.5 Å². The molecule has 6 atom stereocenters. The van der Waals surface area contributed by atoms with Gasteiger partial charge in [0.05, 0.1) is 19.0 Å². The highest BCUT2D eigenvalue weighted by Gasteiger charge is 2.44. The van der Waals surface area contributed by atoms with E-state index in [1.54, 1.807) is 6.26 Å². The highest BCUT2D eigenvalue weighted by molar-refractivity contribution is 7.98. The first-order valence-corrected chi connectivity index (χ1v) is 9.66. The molecular weight excluding hydrogens is 392 g/mol. The zero-order chi connectivity index (χ0) is 20.6. The van der Waals surface area contributed by atoms with Crippen LogP contribution in [0.15, 0.2) is 11.5 Å². The highest BCUT2D eigenvalue weighted by Crippen LogP contribution is 2.33. The van der Waals surface area contributed by atoms with Crippen molar-refractivity contribution in [3.05, 3.63) is 6.33 Å². The van der Waals surface area contributed by atoms with E-state index in [-0.39, 0.29) is 17.0 Å². The number of nitrogens with one attached hydrogen (secondary N) is 1. The summed E-state index contributed by atoms with van der Waals surface area (Å²) in [6.45, 7) is 0.925. The van der Waals surface area contributed by atoms with E-state index in [1.165, 1.54) is 29.6 Å². The molecule has 154 valence electrons. The molecule has 0 saturated carbocycles. The number of ether oxygens (including phenoxy) is 1. The third-order valence-corrected chi connectivity index (χ3v) is 4.99. The summed E-state index contributed by atoms with van der Waals surface area (Å²) in [5.74, 6) is -0.564. The zero-order valence-electron chi connectivity index (χ0n) is 15.1. The van der Waals surface area contributed by atoms with E-state index in [1.807, 2.05) is 0 Å². The van der Waals surface area contributed by atoms with Crippen molar-refractivity contribution in [3.63, 3.8) is 0 Å². The molecule has 1 fully saturated rings. The molecule has 1 aliphatic rings. The number of fused-ring (bicyclic) bond motifs is 1. The number of aromatic nitrogens is 4. The number of hydrogen-bond acceptors (Lipinski definition) is 11. The van der Waals surface area contributed by atoms with Crippen LogP contribution >= 0.6 is 11.8 Å². The summed E-state index contributed by atoms with van der Waals surface area (Å²) in [6, 6.07) is -1.16. The Morgan fingerprint density at radius 2 is 2.14 bits per heavy atom. The van der Waals surface area contributed by atoms with Crippen LogP contribution in [0.3, 0.4) is 0 Å². The fraction of sp³-hybridized carbons (Fsp3) is 0.600. The van der Waals surface area contributed by atoms with Gasteiger partial charge in [-0.15, -0.1) is 0 Å². The Hall–Kier alpha value is -1.87. The van der Waals surface area contributed by atoms with E-state index < -0.39 is 49.2 Å². The number of nitrogens with zero attached hydrogens (tertiary/aromatic N) is 4. The van der Waals surface area contributed by atoms with Crippen LogP contribution in [-0.4, -0.2) is 89.2 Å².